The Morgan fingerprint density at radius 1 is 1.40 bits per heavy atom. The molecule has 0 bridgehead atoms. The number of rotatable bonds is 6. The molecule has 0 aromatic heterocycles. The third kappa shape index (κ3) is 5.02. The topological polar surface area (TPSA) is 64.3 Å². The first-order valence-corrected chi connectivity index (χ1v) is 5.64. The molecule has 0 aliphatic rings. The fraction of sp³-hybridized carbons (Fsp3) is 0.909. The van der Waals surface area contributed by atoms with Crippen molar-refractivity contribution in [1.29, 1.82) is 0 Å². The van der Waals surface area contributed by atoms with Crippen LogP contribution in [0.4, 0.5) is 4.79 Å². The van der Waals surface area contributed by atoms with Crippen molar-refractivity contribution >= 4 is 6.09 Å². The number of amides is 1. The number of carbonyl (C=O) groups is 1. The molecule has 0 spiro atoms. The zero-order chi connectivity index (χ0) is 11.9. The van der Waals surface area contributed by atoms with Gasteiger partial charge in [-0.3, -0.25) is 0 Å². The summed E-state index contributed by atoms with van der Waals surface area (Å²) >= 11 is 0. The predicted octanol–water partition coefficient (Wildman–Crippen LogP) is 1.89. The molecular formula is C11H24N2O2. The molecule has 0 rings (SSSR count). The Morgan fingerprint density at radius 3 is 2.27 bits per heavy atom. The van der Waals surface area contributed by atoms with Crippen LogP contribution in [-0.4, -0.2) is 25.3 Å². The van der Waals surface area contributed by atoms with Crippen molar-refractivity contribution in [2.24, 2.45) is 11.1 Å². The van der Waals surface area contributed by atoms with Gasteiger partial charge in [0.05, 0.1) is 6.10 Å². The van der Waals surface area contributed by atoms with Crippen LogP contribution in [0, 0.1) is 5.41 Å². The van der Waals surface area contributed by atoms with Crippen molar-refractivity contribution in [1.82, 2.24) is 5.32 Å². The molecule has 0 aliphatic carbocycles. The maximum absolute atomic E-state index is 11.3. The summed E-state index contributed by atoms with van der Waals surface area (Å²) in [5.41, 5.74) is 5.73. The van der Waals surface area contributed by atoms with Crippen LogP contribution in [0.5, 0.6) is 0 Å². The van der Waals surface area contributed by atoms with E-state index in [-0.39, 0.29) is 17.6 Å². The number of carbonyl (C=O) groups excluding carboxylic acids is 1. The molecule has 15 heavy (non-hydrogen) atoms. The lowest BCUT2D eigenvalue weighted by atomic mass is 9.82. The van der Waals surface area contributed by atoms with Gasteiger partial charge in [0.15, 0.2) is 0 Å². The summed E-state index contributed by atoms with van der Waals surface area (Å²) in [6.07, 6.45) is 1.48. The van der Waals surface area contributed by atoms with Crippen molar-refractivity contribution < 1.29 is 9.53 Å². The number of ether oxygens (including phenoxy) is 1. The van der Waals surface area contributed by atoms with Crippen molar-refractivity contribution in [2.75, 3.05) is 13.1 Å². The lowest BCUT2D eigenvalue weighted by molar-refractivity contribution is 0.110. The van der Waals surface area contributed by atoms with Crippen molar-refractivity contribution in [2.45, 2.75) is 46.6 Å². The van der Waals surface area contributed by atoms with Crippen LogP contribution < -0.4 is 11.1 Å². The first kappa shape index (κ1) is 14.2. The van der Waals surface area contributed by atoms with E-state index in [9.17, 15) is 4.79 Å². The Bertz CT molecular complexity index is 181. The number of alkyl carbamates (subject to hydrolysis) is 1. The molecule has 0 aromatic rings. The number of hydrogen-bond donors (Lipinski definition) is 2. The molecule has 0 aromatic carbocycles. The maximum atomic E-state index is 11.3. The molecule has 0 fully saturated rings. The van der Waals surface area contributed by atoms with Gasteiger partial charge in [-0.25, -0.2) is 4.79 Å². The van der Waals surface area contributed by atoms with E-state index in [0.717, 1.165) is 12.8 Å². The van der Waals surface area contributed by atoms with Crippen LogP contribution in [0.15, 0.2) is 0 Å². The second-order valence-corrected chi connectivity index (χ2v) is 4.22. The fourth-order valence-electron chi connectivity index (χ4n) is 1.38. The van der Waals surface area contributed by atoms with Crippen LogP contribution in [0.1, 0.15) is 40.5 Å². The Hall–Kier alpha value is -0.770. The Balaban J connectivity index is 4.05. The minimum Gasteiger partial charge on any atom is -0.447 e. The SMILES string of the molecule is CCC(CC)(CN)CNC(=O)OC(C)C. The van der Waals surface area contributed by atoms with E-state index in [2.05, 4.69) is 19.2 Å². The second-order valence-electron chi connectivity index (χ2n) is 4.22. The summed E-state index contributed by atoms with van der Waals surface area (Å²) in [6, 6.07) is 0. The molecule has 0 heterocycles. The monoisotopic (exact) mass is 216 g/mol. The average molecular weight is 216 g/mol. The second kappa shape index (κ2) is 6.67. The molecule has 1 amide bonds. The molecule has 3 N–H and O–H groups in total. The van der Waals surface area contributed by atoms with Gasteiger partial charge >= 0.3 is 6.09 Å². The van der Waals surface area contributed by atoms with E-state index in [4.69, 9.17) is 10.5 Å². The van der Waals surface area contributed by atoms with Crippen LogP contribution in [0.2, 0.25) is 0 Å². The summed E-state index contributed by atoms with van der Waals surface area (Å²) in [5, 5.41) is 2.77. The molecule has 0 unspecified atom stereocenters. The van der Waals surface area contributed by atoms with Gasteiger partial charge in [-0.1, -0.05) is 13.8 Å². The summed E-state index contributed by atoms with van der Waals surface area (Å²) in [7, 11) is 0. The van der Waals surface area contributed by atoms with Gasteiger partial charge in [-0.05, 0) is 38.6 Å². The molecule has 0 saturated carbocycles. The zero-order valence-corrected chi connectivity index (χ0v) is 10.3. The van der Waals surface area contributed by atoms with Crippen molar-refractivity contribution in [3.63, 3.8) is 0 Å². The largest absolute Gasteiger partial charge is 0.447 e. The van der Waals surface area contributed by atoms with Crippen LogP contribution >= 0.6 is 0 Å². The third-order valence-electron chi connectivity index (χ3n) is 2.88. The fourth-order valence-corrected chi connectivity index (χ4v) is 1.38. The highest BCUT2D eigenvalue weighted by Crippen LogP contribution is 2.23. The van der Waals surface area contributed by atoms with Crippen molar-refractivity contribution in [3.05, 3.63) is 0 Å². The highest BCUT2D eigenvalue weighted by atomic mass is 16.6. The van der Waals surface area contributed by atoms with Gasteiger partial charge in [0.2, 0.25) is 0 Å². The Labute approximate surface area is 92.6 Å². The molecule has 4 heteroatoms. The molecule has 90 valence electrons. The summed E-state index contributed by atoms with van der Waals surface area (Å²) in [4.78, 5) is 11.3. The number of nitrogens with two attached hydrogens (primary N) is 1. The van der Waals surface area contributed by atoms with Crippen LogP contribution in [-0.2, 0) is 4.74 Å². The van der Waals surface area contributed by atoms with E-state index in [1.54, 1.807) is 0 Å². The van der Waals surface area contributed by atoms with Gasteiger partial charge in [-0.15, -0.1) is 0 Å². The van der Waals surface area contributed by atoms with E-state index in [0.29, 0.717) is 13.1 Å². The van der Waals surface area contributed by atoms with Gasteiger partial charge in [0, 0.05) is 6.54 Å². The lowest BCUT2D eigenvalue weighted by Gasteiger charge is -2.30. The van der Waals surface area contributed by atoms with Crippen molar-refractivity contribution in [3.8, 4) is 0 Å². The summed E-state index contributed by atoms with van der Waals surface area (Å²) < 4.78 is 4.99. The van der Waals surface area contributed by atoms with Gasteiger partial charge in [-0.2, -0.15) is 0 Å². The van der Waals surface area contributed by atoms with E-state index < -0.39 is 0 Å². The van der Waals surface area contributed by atoms with Gasteiger partial charge in [0.25, 0.3) is 0 Å². The lowest BCUT2D eigenvalue weighted by Crippen LogP contribution is -2.42. The predicted molar refractivity (Wildman–Crippen MR) is 61.7 cm³/mol. The first-order valence-electron chi connectivity index (χ1n) is 5.64. The maximum Gasteiger partial charge on any atom is 0.407 e. The van der Waals surface area contributed by atoms with E-state index >= 15 is 0 Å². The summed E-state index contributed by atoms with van der Waals surface area (Å²) in [5.74, 6) is 0. The molecular weight excluding hydrogens is 192 g/mol. The molecule has 0 radical (unpaired) electrons. The minimum absolute atomic E-state index is 0.00992. The zero-order valence-electron chi connectivity index (χ0n) is 10.3. The van der Waals surface area contributed by atoms with Gasteiger partial charge in [0.1, 0.15) is 0 Å². The van der Waals surface area contributed by atoms with Crippen LogP contribution in [0.25, 0.3) is 0 Å². The minimum atomic E-state index is -0.357. The number of hydrogen-bond acceptors (Lipinski definition) is 3. The standard InChI is InChI=1S/C11H24N2O2/c1-5-11(6-2,7-12)8-13-10(14)15-9(3)4/h9H,5-8,12H2,1-4H3,(H,13,14). The van der Waals surface area contributed by atoms with E-state index in [1.165, 1.54) is 0 Å². The molecule has 0 saturated heterocycles. The molecule has 4 nitrogen and oxygen atoms in total. The molecule has 0 atom stereocenters. The number of nitrogens with one attached hydrogen (secondary N) is 1. The Kier molecular flexibility index (Phi) is 6.32. The highest BCUT2D eigenvalue weighted by Gasteiger charge is 2.25. The highest BCUT2D eigenvalue weighted by molar-refractivity contribution is 5.67. The first-order chi connectivity index (χ1) is 6.99. The third-order valence-corrected chi connectivity index (χ3v) is 2.88. The Morgan fingerprint density at radius 2 is 1.93 bits per heavy atom. The molecule has 0 aliphatic heterocycles. The normalized spacial score (nSPS) is 11.6. The van der Waals surface area contributed by atoms with Gasteiger partial charge < -0.3 is 15.8 Å². The summed E-state index contributed by atoms with van der Waals surface area (Å²) in [6.45, 7) is 9.01. The van der Waals surface area contributed by atoms with Crippen LogP contribution in [0.3, 0.4) is 0 Å². The quantitative estimate of drug-likeness (QED) is 0.712. The smallest absolute Gasteiger partial charge is 0.407 e. The van der Waals surface area contributed by atoms with E-state index in [1.807, 2.05) is 13.8 Å². The average Bonchev–Trinajstić information content (AvgIpc) is 2.20.